The van der Waals surface area contributed by atoms with Crippen LogP contribution in [0.25, 0.3) is 5.52 Å². The van der Waals surface area contributed by atoms with Crippen molar-refractivity contribution >= 4 is 34.7 Å². The Hall–Kier alpha value is -1.26. The second-order valence-corrected chi connectivity index (χ2v) is 3.93. The van der Waals surface area contributed by atoms with Crippen molar-refractivity contribution in [2.45, 2.75) is 6.92 Å². The molecule has 2 aromatic rings. The summed E-state index contributed by atoms with van der Waals surface area (Å²) in [5.74, 6) is -0.474. The van der Waals surface area contributed by atoms with E-state index in [4.69, 9.17) is 27.9 Å². The van der Waals surface area contributed by atoms with Gasteiger partial charge in [-0.25, -0.2) is 9.31 Å². The normalized spacial score (nSPS) is 10.7. The Labute approximate surface area is 102 Å². The molecule has 0 spiro atoms. The number of hydrogen-bond acceptors (Lipinski definition) is 3. The van der Waals surface area contributed by atoms with Gasteiger partial charge in [0.2, 0.25) is 0 Å². The van der Waals surface area contributed by atoms with Crippen molar-refractivity contribution in [1.82, 2.24) is 9.61 Å². The molecular formula is C10H8Cl2N2O2. The molecule has 0 unspecified atom stereocenters. The van der Waals surface area contributed by atoms with Gasteiger partial charge in [0.05, 0.1) is 22.2 Å². The number of ether oxygens (including phenoxy) is 1. The van der Waals surface area contributed by atoms with Crippen molar-refractivity contribution in [3.63, 3.8) is 0 Å². The molecule has 0 aliphatic carbocycles. The molecule has 0 aliphatic rings. The van der Waals surface area contributed by atoms with Gasteiger partial charge in [-0.15, -0.1) is 0 Å². The van der Waals surface area contributed by atoms with E-state index in [1.807, 2.05) is 0 Å². The monoisotopic (exact) mass is 258 g/mol. The van der Waals surface area contributed by atoms with Crippen LogP contribution in [0.15, 0.2) is 18.3 Å². The molecule has 0 saturated carbocycles. The first-order valence-corrected chi connectivity index (χ1v) is 5.39. The summed E-state index contributed by atoms with van der Waals surface area (Å²) in [7, 11) is 0. The Morgan fingerprint density at radius 1 is 1.50 bits per heavy atom. The number of rotatable bonds is 2. The number of carbonyl (C=O) groups excluding carboxylic acids is 1. The lowest BCUT2D eigenvalue weighted by molar-refractivity contribution is 0.0519. The molecule has 0 aromatic carbocycles. The van der Waals surface area contributed by atoms with E-state index in [-0.39, 0.29) is 5.69 Å². The Kier molecular flexibility index (Phi) is 3.03. The molecule has 2 aromatic heterocycles. The Morgan fingerprint density at radius 2 is 2.25 bits per heavy atom. The zero-order valence-electron chi connectivity index (χ0n) is 8.41. The lowest BCUT2D eigenvalue weighted by Crippen LogP contribution is -2.05. The third-order valence-electron chi connectivity index (χ3n) is 1.98. The first kappa shape index (κ1) is 11.2. The summed E-state index contributed by atoms with van der Waals surface area (Å²) in [6, 6.07) is 3.16. The third-order valence-corrected chi connectivity index (χ3v) is 2.48. The summed E-state index contributed by atoms with van der Waals surface area (Å²) in [4.78, 5) is 11.4. The van der Waals surface area contributed by atoms with E-state index in [2.05, 4.69) is 5.10 Å². The van der Waals surface area contributed by atoms with Crippen LogP contribution in [0.2, 0.25) is 10.0 Å². The van der Waals surface area contributed by atoms with Crippen molar-refractivity contribution in [3.05, 3.63) is 34.1 Å². The molecule has 0 fully saturated rings. The van der Waals surface area contributed by atoms with Crippen molar-refractivity contribution in [3.8, 4) is 0 Å². The van der Waals surface area contributed by atoms with Crippen molar-refractivity contribution in [1.29, 1.82) is 0 Å². The summed E-state index contributed by atoms with van der Waals surface area (Å²) in [6.07, 6.45) is 1.57. The van der Waals surface area contributed by atoms with Crippen molar-refractivity contribution < 1.29 is 9.53 Å². The van der Waals surface area contributed by atoms with Crippen LogP contribution in [0.1, 0.15) is 17.4 Å². The zero-order chi connectivity index (χ0) is 11.7. The summed E-state index contributed by atoms with van der Waals surface area (Å²) in [6.45, 7) is 2.04. The van der Waals surface area contributed by atoms with Gasteiger partial charge in [-0.05, 0) is 13.0 Å². The Bertz CT molecular complexity index is 551. The highest BCUT2D eigenvalue weighted by molar-refractivity contribution is 6.36. The smallest absolute Gasteiger partial charge is 0.358 e. The number of esters is 1. The zero-order valence-corrected chi connectivity index (χ0v) is 9.92. The largest absolute Gasteiger partial charge is 0.461 e. The van der Waals surface area contributed by atoms with Gasteiger partial charge in [0.25, 0.3) is 0 Å². The van der Waals surface area contributed by atoms with Gasteiger partial charge in [0.15, 0.2) is 5.69 Å². The predicted molar refractivity (Wildman–Crippen MR) is 61.2 cm³/mol. The Morgan fingerprint density at radius 3 is 2.94 bits per heavy atom. The Balaban J connectivity index is 2.51. The van der Waals surface area contributed by atoms with Gasteiger partial charge in [0, 0.05) is 12.3 Å². The van der Waals surface area contributed by atoms with Gasteiger partial charge in [0.1, 0.15) is 0 Å². The van der Waals surface area contributed by atoms with Gasteiger partial charge < -0.3 is 4.74 Å². The van der Waals surface area contributed by atoms with Crippen LogP contribution in [0.5, 0.6) is 0 Å². The highest BCUT2D eigenvalue weighted by Gasteiger charge is 2.13. The molecule has 84 valence electrons. The van der Waals surface area contributed by atoms with E-state index in [9.17, 15) is 4.79 Å². The van der Waals surface area contributed by atoms with Crippen LogP contribution in [-0.4, -0.2) is 22.2 Å². The van der Waals surface area contributed by atoms with Crippen LogP contribution < -0.4 is 0 Å². The van der Waals surface area contributed by atoms with Crippen molar-refractivity contribution in [2.75, 3.05) is 6.61 Å². The van der Waals surface area contributed by atoms with Crippen LogP contribution >= 0.6 is 23.2 Å². The molecule has 0 bridgehead atoms. The first-order valence-electron chi connectivity index (χ1n) is 4.63. The number of fused-ring (bicyclic) bond motifs is 1. The standard InChI is InChI=1S/C10H8Cl2N2O2/c1-2-16-10(15)8-4-9-7(12)3-6(11)5-14(9)13-8/h3-5H,2H2,1H3. The second-order valence-electron chi connectivity index (χ2n) is 3.09. The number of halogens is 2. The SMILES string of the molecule is CCOC(=O)c1cc2c(Cl)cc(Cl)cn2n1. The van der Waals surface area contributed by atoms with Crippen LogP contribution in [0.4, 0.5) is 0 Å². The number of pyridine rings is 1. The van der Waals surface area contributed by atoms with E-state index in [1.165, 1.54) is 4.52 Å². The third kappa shape index (κ3) is 1.99. The summed E-state index contributed by atoms with van der Waals surface area (Å²) in [5, 5.41) is 4.92. The molecule has 0 aliphatic heterocycles. The average molecular weight is 259 g/mol. The van der Waals surface area contributed by atoms with Gasteiger partial charge in [-0.2, -0.15) is 5.10 Å². The number of carbonyl (C=O) groups is 1. The number of hydrogen-bond donors (Lipinski definition) is 0. The second kappa shape index (κ2) is 4.31. The molecule has 2 heterocycles. The molecule has 4 nitrogen and oxygen atoms in total. The van der Waals surface area contributed by atoms with E-state index in [0.717, 1.165) is 0 Å². The lowest BCUT2D eigenvalue weighted by Gasteiger charge is -1.96. The highest BCUT2D eigenvalue weighted by atomic mass is 35.5. The van der Waals surface area contributed by atoms with E-state index in [1.54, 1.807) is 25.3 Å². The topological polar surface area (TPSA) is 43.6 Å². The minimum atomic E-state index is -0.474. The van der Waals surface area contributed by atoms with E-state index < -0.39 is 5.97 Å². The highest BCUT2D eigenvalue weighted by Crippen LogP contribution is 2.22. The summed E-state index contributed by atoms with van der Waals surface area (Å²) in [5.41, 5.74) is 0.833. The molecule has 16 heavy (non-hydrogen) atoms. The summed E-state index contributed by atoms with van der Waals surface area (Å²) < 4.78 is 6.29. The average Bonchev–Trinajstić information content (AvgIpc) is 2.62. The molecule has 0 atom stereocenters. The van der Waals surface area contributed by atoms with Crippen LogP contribution in [-0.2, 0) is 4.74 Å². The number of nitrogens with zero attached hydrogens (tertiary/aromatic N) is 2. The number of aromatic nitrogens is 2. The maximum atomic E-state index is 11.4. The fourth-order valence-electron chi connectivity index (χ4n) is 1.33. The molecule has 0 amide bonds. The fraction of sp³-hybridized carbons (Fsp3) is 0.200. The van der Waals surface area contributed by atoms with E-state index >= 15 is 0 Å². The van der Waals surface area contributed by atoms with E-state index in [0.29, 0.717) is 22.2 Å². The van der Waals surface area contributed by atoms with Gasteiger partial charge in [-0.1, -0.05) is 23.2 Å². The fourth-order valence-corrected chi connectivity index (χ4v) is 1.84. The van der Waals surface area contributed by atoms with Crippen molar-refractivity contribution in [2.24, 2.45) is 0 Å². The lowest BCUT2D eigenvalue weighted by atomic mass is 10.3. The van der Waals surface area contributed by atoms with Crippen LogP contribution in [0.3, 0.4) is 0 Å². The summed E-state index contributed by atoms with van der Waals surface area (Å²) >= 11 is 11.8. The molecule has 6 heteroatoms. The first-order chi connectivity index (χ1) is 7.61. The molecule has 0 N–H and O–H groups in total. The quantitative estimate of drug-likeness (QED) is 0.779. The maximum Gasteiger partial charge on any atom is 0.358 e. The predicted octanol–water partition coefficient (Wildman–Crippen LogP) is 2.82. The minimum absolute atomic E-state index is 0.214. The molecule has 2 rings (SSSR count). The van der Waals surface area contributed by atoms with Gasteiger partial charge in [-0.3, -0.25) is 0 Å². The maximum absolute atomic E-state index is 11.4. The molecule has 0 radical (unpaired) electrons. The van der Waals surface area contributed by atoms with Gasteiger partial charge >= 0.3 is 5.97 Å². The molecule has 0 saturated heterocycles. The van der Waals surface area contributed by atoms with Crippen LogP contribution in [0, 0.1) is 0 Å². The minimum Gasteiger partial charge on any atom is -0.461 e. The molecular weight excluding hydrogens is 251 g/mol.